The van der Waals surface area contributed by atoms with Gasteiger partial charge in [0.15, 0.2) is 5.71 Å². The highest BCUT2D eigenvalue weighted by Gasteiger charge is 2.19. The summed E-state index contributed by atoms with van der Waals surface area (Å²) < 4.78 is 0. The van der Waals surface area contributed by atoms with Gasteiger partial charge in [-0.05, 0) is 11.1 Å². The van der Waals surface area contributed by atoms with Crippen molar-refractivity contribution in [2.45, 2.75) is 0 Å². The number of nitrogens with zero attached hydrogens (tertiary/aromatic N) is 2. The second-order valence-electron chi connectivity index (χ2n) is 4.58. The van der Waals surface area contributed by atoms with Gasteiger partial charge in [-0.2, -0.15) is 0 Å². The molecule has 0 atom stereocenters. The lowest BCUT2D eigenvalue weighted by Gasteiger charge is -2.12. The maximum atomic E-state index is 12.1. The third kappa shape index (κ3) is 3.55. The van der Waals surface area contributed by atoms with Crippen LogP contribution in [0.15, 0.2) is 58.8 Å². The zero-order valence-corrected chi connectivity index (χ0v) is 12.9. The van der Waals surface area contributed by atoms with Gasteiger partial charge in [0.25, 0.3) is 5.91 Å². The molecule has 0 aliphatic heterocycles. The molecule has 6 nitrogen and oxygen atoms in total. The lowest BCUT2D eigenvalue weighted by molar-refractivity contribution is -0.114. The molecule has 0 fully saturated rings. The van der Waals surface area contributed by atoms with Gasteiger partial charge in [0.05, 0.1) is 6.21 Å². The van der Waals surface area contributed by atoms with E-state index in [-0.39, 0.29) is 11.6 Å². The summed E-state index contributed by atoms with van der Waals surface area (Å²) >= 11 is 0. The van der Waals surface area contributed by atoms with E-state index in [4.69, 9.17) is 10.0 Å². The number of amides is 1. The molecule has 23 heavy (non-hydrogen) atoms. The summed E-state index contributed by atoms with van der Waals surface area (Å²) in [6.07, 6.45) is 1.35. The topological polar surface area (TPSA) is 83.3 Å². The summed E-state index contributed by atoms with van der Waals surface area (Å²) in [5.41, 5.74) is 3.10. The summed E-state index contributed by atoms with van der Waals surface area (Å²) in [5, 5.41) is 18.3. The average molecular weight is 311 g/mol. The SMILES string of the molecule is CNC(=O)/C(=N\OC)c1ccccc1-c1ccccc1/C=N/O. The molecular formula is C17H17N3O3. The molecule has 0 aliphatic rings. The van der Waals surface area contributed by atoms with Crippen LogP contribution in [0.2, 0.25) is 0 Å². The van der Waals surface area contributed by atoms with Crippen molar-refractivity contribution in [3.63, 3.8) is 0 Å². The molecule has 118 valence electrons. The molecule has 6 heteroatoms. The highest BCUT2D eigenvalue weighted by Crippen LogP contribution is 2.27. The number of benzene rings is 2. The van der Waals surface area contributed by atoms with Gasteiger partial charge in [0, 0.05) is 18.2 Å². The van der Waals surface area contributed by atoms with Gasteiger partial charge < -0.3 is 15.4 Å². The molecule has 0 bridgehead atoms. The minimum atomic E-state index is -0.354. The molecular weight excluding hydrogens is 294 g/mol. The smallest absolute Gasteiger partial charge is 0.273 e. The zero-order valence-electron chi connectivity index (χ0n) is 12.9. The minimum absolute atomic E-state index is 0.168. The largest absolute Gasteiger partial charge is 0.411 e. The molecule has 2 rings (SSSR count). The number of carbonyl (C=O) groups excluding carboxylic acids is 1. The first-order valence-electron chi connectivity index (χ1n) is 6.92. The fraction of sp³-hybridized carbons (Fsp3) is 0.118. The first-order chi connectivity index (χ1) is 11.2. The van der Waals surface area contributed by atoms with Gasteiger partial charge >= 0.3 is 0 Å². The number of hydrogen-bond donors (Lipinski definition) is 2. The van der Waals surface area contributed by atoms with Gasteiger partial charge in [0.1, 0.15) is 7.11 Å². The molecule has 1 amide bonds. The Morgan fingerprint density at radius 1 is 1.13 bits per heavy atom. The normalized spacial score (nSPS) is 11.5. The van der Waals surface area contributed by atoms with E-state index in [2.05, 4.69) is 15.6 Å². The highest BCUT2D eigenvalue weighted by molar-refractivity contribution is 6.46. The molecule has 0 saturated heterocycles. The third-order valence-corrected chi connectivity index (χ3v) is 3.25. The van der Waals surface area contributed by atoms with Crippen LogP contribution in [0.4, 0.5) is 0 Å². The van der Waals surface area contributed by atoms with Crippen LogP contribution in [0.25, 0.3) is 11.1 Å². The maximum Gasteiger partial charge on any atom is 0.273 e. The predicted octanol–water partition coefficient (Wildman–Crippen LogP) is 2.26. The van der Waals surface area contributed by atoms with E-state index < -0.39 is 0 Å². The first kappa shape index (κ1) is 16.2. The van der Waals surface area contributed by atoms with Crippen LogP contribution < -0.4 is 5.32 Å². The van der Waals surface area contributed by atoms with Crippen molar-refractivity contribution in [2.75, 3.05) is 14.2 Å². The van der Waals surface area contributed by atoms with Crippen molar-refractivity contribution in [2.24, 2.45) is 10.3 Å². The Morgan fingerprint density at radius 2 is 1.78 bits per heavy atom. The Labute approximate surface area is 134 Å². The molecule has 0 aromatic heterocycles. The van der Waals surface area contributed by atoms with Gasteiger partial charge in [-0.25, -0.2) is 0 Å². The molecule has 0 aliphatic carbocycles. The highest BCUT2D eigenvalue weighted by atomic mass is 16.6. The number of oxime groups is 2. The lowest BCUT2D eigenvalue weighted by Crippen LogP contribution is -2.29. The van der Waals surface area contributed by atoms with Crippen molar-refractivity contribution in [1.82, 2.24) is 5.32 Å². The fourth-order valence-corrected chi connectivity index (χ4v) is 2.26. The van der Waals surface area contributed by atoms with Crippen LogP contribution in [0, 0.1) is 0 Å². The maximum absolute atomic E-state index is 12.1. The Hall–Kier alpha value is -3.15. The van der Waals surface area contributed by atoms with Crippen molar-refractivity contribution in [3.8, 4) is 11.1 Å². The summed E-state index contributed by atoms with van der Waals surface area (Å²) in [5.74, 6) is -0.354. The second-order valence-corrected chi connectivity index (χ2v) is 4.58. The average Bonchev–Trinajstić information content (AvgIpc) is 2.60. The van der Waals surface area contributed by atoms with E-state index in [0.717, 1.165) is 16.7 Å². The fourth-order valence-electron chi connectivity index (χ4n) is 2.26. The molecule has 2 N–H and O–H groups in total. The van der Waals surface area contributed by atoms with E-state index in [9.17, 15) is 4.79 Å². The third-order valence-electron chi connectivity index (χ3n) is 3.25. The van der Waals surface area contributed by atoms with Crippen LogP contribution in [0.5, 0.6) is 0 Å². The summed E-state index contributed by atoms with van der Waals surface area (Å²) in [7, 11) is 2.92. The molecule has 0 radical (unpaired) electrons. The Bertz CT molecular complexity index is 754. The van der Waals surface area contributed by atoms with Crippen molar-refractivity contribution in [1.29, 1.82) is 0 Å². The summed E-state index contributed by atoms with van der Waals surface area (Å²) in [6.45, 7) is 0. The Balaban J connectivity index is 2.67. The van der Waals surface area contributed by atoms with E-state index in [1.807, 2.05) is 42.5 Å². The van der Waals surface area contributed by atoms with Gasteiger partial charge in [-0.3, -0.25) is 4.79 Å². The first-order valence-corrected chi connectivity index (χ1v) is 6.92. The van der Waals surface area contributed by atoms with E-state index in [1.165, 1.54) is 20.4 Å². The van der Waals surface area contributed by atoms with Crippen molar-refractivity contribution in [3.05, 3.63) is 59.7 Å². The van der Waals surface area contributed by atoms with Gasteiger partial charge in [-0.15, -0.1) is 0 Å². The van der Waals surface area contributed by atoms with Crippen LogP contribution in [0.3, 0.4) is 0 Å². The van der Waals surface area contributed by atoms with Crippen LogP contribution in [0.1, 0.15) is 11.1 Å². The second kappa shape index (κ2) is 7.74. The monoisotopic (exact) mass is 311 g/mol. The molecule has 0 spiro atoms. The Morgan fingerprint density at radius 3 is 2.43 bits per heavy atom. The quantitative estimate of drug-likeness (QED) is 0.505. The van der Waals surface area contributed by atoms with Crippen LogP contribution >= 0.6 is 0 Å². The van der Waals surface area contributed by atoms with Gasteiger partial charge in [0.2, 0.25) is 0 Å². The molecule has 0 heterocycles. The van der Waals surface area contributed by atoms with E-state index in [1.54, 1.807) is 6.07 Å². The predicted molar refractivity (Wildman–Crippen MR) is 88.9 cm³/mol. The molecule has 0 saturated carbocycles. The van der Waals surface area contributed by atoms with E-state index >= 15 is 0 Å². The number of rotatable bonds is 5. The molecule has 0 unspecified atom stereocenters. The van der Waals surface area contributed by atoms with Gasteiger partial charge in [-0.1, -0.05) is 58.8 Å². The summed E-state index contributed by atoms with van der Waals surface area (Å²) in [6, 6.07) is 14.7. The number of hydrogen-bond acceptors (Lipinski definition) is 5. The van der Waals surface area contributed by atoms with Crippen LogP contribution in [-0.2, 0) is 9.63 Å². The zero-order chi connectivity index (χ0) is 16.7. The number of nitrogens with one attached hydrogen (secondary N) is 1. The van der Waals surface area contributed by atoms with E-state index in [0.29, 0.717) is 5.56 Å². The number of carbonyl (C=O) groups is 1. The van der Waals surface area contributed by atoms with Crippen molar-refractivity contribution < 1.29 is 14.8 Å². The molecule has 2 aromatic rings. The molecule has 2 aromatic carbocycles. The lowest BCUT2D eigenvalue weighted by atomic mass is 9.93. The number of likely N-dealkylation sites (N-methyl/N-ethyl adjacent to an activating group) is 1. The summed E-state index contributed by atoms with van der Waals surface area (Å²) in [4.78, 5) is 16.9. The Kier molecular flexibility index (Phi) is 5.46. The van der Waals surface area contributed by atoms with Crippen LogP contribution in [-0.4, -0.2) is 37.2 Å². The minimum Gasteiger partial charge on any atom is -0.411 e. The standard InChI is InChI=1S/C17H17N3O3/c1-18-17(21)16(20-23-2)15-10-6-5-9-14(15)13-8-4-3-7-12(13)11-19-22/h3-11,22H,1-2H3,(H,18,21)/b19-11+,20-16-. The van der Waals surface area contributed by atoms with Crippen molar-refractivity contribution >= 4 is 17.8 Å².